The van der Waals surface area contributed by atoms with Crippen LogP contribution >= 0.6 is 11.6 Å². The van der Waals surface area contributed by atoms with Crippen LogP contribution in [0, 0.1) is 6.92 Å². The van der Waals surface area contributed by atoms with Gasteiger partial charge in [-0.1, -0.05) is 11.6 Å². The first-order chi connectivity index (χ1) is 22.5. The minimum atomic E-state index is -0.586. The molecule has 0 bridgehead atoms. The molecule has 2 aromatic carbocycles. The van der Waals surface area contributed by atoms with Gasteiger partial charge in [-0.15, -0.1) is 0 Å². The van der Waals surface area contributed by atoms with Crippen molar-refractivity contribution < 1.29 is 28.5 Å². The zero-order valence-corrected chi connectivity index (χ0v) is 27.6. The van der Waals surface area contributed by atoms with Gasteiger partial charge in [0, 0.05) is 50.1 Å². The molecule has 0 atom stereocenters. The fraction of sp³-hybridized carbons (Fsp3) is 0.353. The van der Waals surface area contributed by atoms with Gasteiger partial charge in [0.2, 0.25) is 0 Å². The summed E-state index contributed by atoms with van der Waals surface area (Å²) in [5.41, 5.74) is 2.65. The number of nitrogens with zero attached hydrogens (tertiary/aromatic N) is 6. The Morgan fingerprint density at radius 2 is 1.72 bits per heavy atom. The van der Waals surface area contributed by atoms with Crippen LogP contribution in [0.2, 0.25) is 5.02 Å². The van der Waals surface area contributed by atoms with Crippen molar-refractivity contribution >= 4 is 45.7 Å². The normalized spacial score (nSPS) is 14.0. The topological polar surface area (TPSA) is 131 Å². The molecule has 1 saturated heterocycles. The summed E-state index contributed by atoms with van der Waals surface area (Å²) < 4.78 is 25.4. The molecule has 0 unspecified atom stereocenters. The molecular weight excluding hydrogens is 624 g/mol. The van der Waals surface area contributed by atoms with E-state index in [4.69, 9.17) is 30.5 Å². The van der Waals surface area contributed by atoms with Gasteiger partial charge < -0.3 is 23.8 Å². The maximum atomic E-state index is 13.6. The predicted octanol–water partition coefficient (Wildman–Crippen LogP) is 7.07. The fourth-order valence-electron chi connectivity index (χ4n) is 5.47. The highest BCUT2D eigenvalue weighted by Crippen LogP contribution is 2.40. The van der Waals surface area contributed by atoms with Crippen molar-refractivity contribution in [1.82, 2.24) is 29.4 Å². The van der Waals surface area contributed by atoms with Gasteiger partial charge in [-0.25, -0.2) is 19.6 Å². The lowest BCUT2D eigenvalue weighted by molar-refractivity contribution is 0.0126. The second-order valence-electron chi connectivity index (χ2n) is 12.1. The van der Waals surface area contributed by atoms with E-state index in [1.54, 1.807) is 59.1 Å². The smallest absolute Gasteiger partial charge is 0.410 e. The number of halogens is 1. The van der Waals surface area contributed by atoms with E-state index in [9.17, 15) is 9.59 Å². The van der Waals surface area contributed by atoms with E-state index < -0.39 is 11.6 Å². The first-order valence-electron chi connectivity index (χ1n) is 15.4. The number of hydrogen-bond acceptors (Lipinski definition) is 10. The van der Waals surface area contributed by atoms with Crippen LogP contribution in [0.1, 0.15) is 56.7 Å². The van der Waals surface area contributed by atoms with Crippen LogP contribution in [-0.4, -0.2) is 72.9 Å². The molecule has 5 aromatic rings. The van der Waals surface area contributed by atoms with Crippen LogP contribution in [0.15, 0.2) is 55.1 Å². The standard InChI is InChI=1S/C34H35ClN6O6/c1-6-44-32(42)29-30(46-22-11-15-40(16-12-22)33(43)47-34(3,4)5)28-20(2)38-19-39-31(28)41(29)21-7-10-27(24(35)17-21)45-23-8-9-25-26(18-23)37-14-13-36-25/h7-10,13-14,17-19,22H,6,11-12,15-16H2,1-5H3. The maximum absolute atomic E-state index is 13.6. The van der Waals surface area contributed by atoms with E-state index in [0.29, 0.717) is 76.1 Å². The second-order valence-corrected chi connectivity index (χ2v) is 12.5. The van der Waals surface area contributed by atoms with Crippen LogP contribution in [-0.2, 0) is 9.47 Å². The third-order valence-electron chi connectivity index (χ3n) is 7.58. The molecule has 4 heterocycles. The first kappa shape index (κ1) is 32.0. The Kier molecular flexibility index (Phi) is 8.87. The van der Waals surface area contributed by atoms with Gasteiger partial charge >= 0.3 is 12.1 Å². The molecule has 1 fully saturated rings. The lowest BCUT2D eigenvalue weighted by Crippen LogP contribution is -2.44. The molecule has 0 saturated carbocycles. The summed E-state index contributed by atoms with van der Waals surface area (Å²) in [6.07, 6.45) is 5.12. The SMILES string of the molecule is CCOC(=O)c1c(OC2CCN(C(=O)OC(C)(C)C)CC2)c2c(C)ncnc2n1-c1ccc(Oc2ccc3nccnc3c2)c(Cl)c1. The molecule has 1 aliphatic rings. The number of esters is 1. The van der Waals surface area contributed by atoms with E-state index in [1.807, 2.05) is 33.8 Å². The van der Waals surface area contributed by atoms with Crippen LogP contribution in [0.4, 0.5) is 4.79 Å². The number of ether oxygens (including phenoxy) is 4. The molecule has 0 N–H and O–H groups in total. The van der Waals surface area contributed by atoms with Crippen molar-refractivity contribution in [1.29, 1.82) is 0 Å². The molecule has 1 aliphatic heterocycles. The third kappa shape index (κ3) is 6.78. The summed E-state index contributed by atoms with van der Waals surface area (Å²) in [5, 5.41) is 0.889. The molecule has 0 aliphatic carbocycles. The summed E-state index contributed by atoms with van der Waals surface area (Å²) in [4.78, 5) is 45.5. The number of aryl methyl sites for hydroxylation is 1. The number of rotatable bonds is 7. The van der Waals surface area contributed by atoms with E-state index in [-0.39, 0.29) is 24.5 Å². The molecule has 244 valence electrons. The second kappa shape index (κ2) is 13.0. The Balaban J connectivity index is 1.34. The van der Waals surface area contributed by atoms with Crippen molar-refractivity contribution in [2.75, 3.05) is 19.7 Å². The Bertz CT molecular complexity index is 1960. The highest BCUT2D eigenvalue weighted by molar-refractivity contribution is 6.32. The minimum absolute atomic E-state index is 0.155. The van der Waals surface area contributed by atoms with Crippen molar-refractivity contribution in [2.24, 2.45) is 0 Å². The van der Waals surface area contributed by atoms with Crippen molar-refractivity contribution in [3.63, 3.8) is 0 Å². The number of aromatic nitrogens is 5. The van der Waals surface area contributed by atoms with Crippen molar-refractivity contribution in [2.45, 2.75) is 59.2 Å². The zero-order chi connectivity index (χ0) is 33.3. The third-order valence-corrected chi connectivity index (χ3v) is 7.88. The summed E-state index contributed by atoms with van der Waals surface area (Å²) in [6.45, 7) is 10.1. The Morgan fingerprint density at radius 3 is 2.43 bits per heavy atom. The molecular formula is C34H35ClN6O6. The number of carbonyl (C=O) groups excluding carboxylic acids is 2. The average Bonchev–Trinajstić information content (AvgIpc) is 3.36. The summed E-state index contributed by atoms with van der Waals surface area (Å²) in [5.74, 6) is 0.690. The quantitative estimate of drug-likeness (QED) is 0.167. The predicted molar refractivity (Wildman–Crippen MR) is 176 cm³/mol. The summed E-state index contributed by atoms with van der Waals surface area (Å²) in [6, 6.07) is 10.6. The van der Waals surface area contributed by atoms with Gasteiger partial charge in [-0.2, -0.15) is 0 Å². The van der Waals surface area contributed by atoms with Gasteiger partial charge in [0.15, 0.2) is 17.1 Å². The maximum Gasteiger partial charge on any atom is 0.410 e. The van der Waals surface area contributed by atoms with Crippen LogP contribution < -0.4 is 9.47 Å². The van der Waals surface area contributed by atoms with Crippen LogP contribution in [0.5, 0.6) is 17.2 Å². The molecule has 0 radical (unpaired) electrons. The molecule has 12 nitrogen and oxygen atoms in total. The Labute approximate surface area is 276 Å². The van der Waals surface area contributed by atoms with Gasteiger partial charge in [0.05, 0.1) is 33.7 Å². The highest BCUT2D eigenvalue weighted by atomic mass is 35.5. The number of amides is 1. The van der Waals surface area contributed by atoms with E-state index >= 15 is 0 Å². The van der Waals surface area contributed by atoms with Gasteiger partial charge in [-0.05, 0) is 65.0 Å². The van der Waals surface area contributed by atoms with Gasteiger partial charge in [0.25, 0.3) is 0 Å². The molecule has 6 rings (SSSR count). The van der Waals surface area contributed by atoms with E-state index in [2.05, 4.69) is 19.9 Å². The molecule has 1 amide bonds. The van der Waals surface area contributed by atoms with Crippen LogP contribution in [0.25, 0.3) is 27.8 Å². The molecule has 0 spiro atoms. The number of carbonyl (C=O) groups is 2. The van der Waals surface area contributed by atoms with Gasteiger partial charge in [0.1, 0.15) is 29.5 Å². The first-order valence-corrected chi connectivity index (χ1v) is 15.8. The Hall–Kier alpha value is -4.97. The van der Waals surface area contributed by atoms with E-state index in [0.717, 1.165) is 5.52 Å². The van der Waals surface area contributed by atoms with Gasteiger partial charge in [-0.3, -0.25) is 14.5 Å². The Morgan fingerprint density at radius 1 is 0.979 bits per heavy atom. The van der Waals surface area contributed by atoms with Crippen molar-refractivity contribution in [3.8, 4) is 22.9 Å². The zero-order valence-electron chi connectivity index (χ0n) is 26.8. The van der Waals surface area contributed by atoms with E-state index in [1.165, 1.54) is 6.33 Å². The van der Waals surface area contributed by atoms with Crippen LogP contribution in [0.3, 0.4) is 0 Å². The lowest BCUT2D eigenvalue weighted by atomic mass is 10.1. The number of piperidine rings is 1. The number of benzene rings is 2. The molecule has 47 heavy (non-hydrogen) atoms. The number of fused-ring (bicyclic) bond motifs is 2. The lowest BCUT2D eigenvalue weighted by Gasteiger charge is -2.33. The summed E-state index contributed by atoms with van der Waals surface area (Å²) >= 11 is 6.78. The molecule has 3 aromatic heterocycles. The minimum Gasteiger partial charge on any atom is -0.487 e. The number of hydrogen-bond donors (Lipinski definition) is 0. The average molecular weight is 659 g/mol. The molecule has 13 heteroatoms. The largest absolute Gasteiger partial charge is 0.487 e. The summed E-state index contributed by atoms with van der Waals surface area (Å²) in [7, 11) is 0. The monoisotopic (exact) mass is 658 g/mol. The fourth-order valence-corrected chi connectivity index (χ4v) is 5.68. The highest BCUT2D eigenvalue weighted by Gasteiger charge is 2.33. The number of likely N-dealkylation sites (tertiary alicyclic amines) is 1. The van der Waals surface area contributed by atoms with Crippen molar-refractivity contribution in [3.05, 3.63) is 71.5 Å².